The first kappa shape index (κ1) is 25.6. The van der Waals surface area contributed by atoms with Crippen molar-refractivity contribution in [3.63, 3.8) is 0 Å². The number of anilines is 3. The highest BCUT2D eigenvalue weighted by atomic mass is 19.1. The Labute approximate surface area is 241 Å². The molecule has 1 aromatic heterocycles. The van der Waals surface area contributed by atoms with Crippen molar-refractivity contribution >= 4 is 39.8 Å². The van der Waals surface area contributed by atoms with Gasteiger partial charge in [0.05, 0.1) is 28.3 Å². The van der Waals surface area contributed by atoms with Gasteiger partial charge < -0.3 is 30.6 Å². The van der Waals surface area contributed by atoms with Gasteiger partial charge in [-0.3, -0.25) is 9.59 Å². The van der Waals surface area contributed by atoms with E-state index < -0.39 is 5.82 Å². The van der Waals surface area contributed by atoms with Crippen molar-refractivity contribution in [2.45, 2.75) is 19.2 Å². The molecule has 210 valence electrons. The predicted octanol–water partition coefficient (Wildman–Crippen LogP) is 5.87. The van der Waals surface area contributed by atoms with E-state index in [2.05, 4.69) is 10.3 Å². The highest BCUT2D eigenvalue weighted by molar-refractivity contribution is 6.06. The predicted molar refractivity (Wildman–Crippen MR) is 160 cm³/mol. The molecule has 0 bridgehead atoms. The number of carbonyl (C=O) groups excluding carboxylic acids is 2. The van der Waals surface area contributed by atoms with Crippen molar-refractivity contribution in [2.24, 2.45) is 0 Å². The van der Waals surface area contributed by atoms with Gasteiger partial charge in [0.1, 0.15) is 24.3 Å². The number of nitrogens with two attached hydrogens (primary N) is 1. The van der Waals surface area contributed by atoms with E-state index in [1.807, 2.05) is 60.5 Å². The minimum Gasteiger partial charge on any atom is -0.489 e. The summed E-state index contributed by atoms with van der Waals surface area (Å²) in [5, 5.41) is 3.91. The van der Waals surface area contributed by atoms with Gasteiger partial charge >= 0.3 is 0 Å². The molecule has 0 aliphatic carbocycles. The molecule has 4 aromatic carbocycles. The zero-order chi connectivity index (χ0) is 29.0. The van der Waals surface area contributed by atoms with E-state index in [9.17, 15) is 14.0 Å². The van der Waals surface area contributed by atoms with Gasteiger partial charge in [-0.2, -0.15) is 0 Å². The largest absolute Gasteiger partial charge is 0.489 e. The number of rotatable bonds is 5. The molecule has 2 aliphatic heterocycles. The Hall–Kier alpha value is -5.31. The van der Waals surface area contributed by atoms with Crippen LogP contribution in [0.15, 0.2) is 84.9 Å². The van der Waals surface area contributed by atoms with Gasteiger partial charge in [-0.05, 0) is 66.6 Å². The SMILES string of the molecule is CN1c2ccc(F)cc2C(=O)N2CCc3c([nH]c4ccc(OCc5ccccc5C(=O)Nc5ccccc5N)cc34)C21. The number of H-pyrrole nitrogens is 1. The van der Waals surface area contributed by atoms with Gasteiger partial charge in [-0.1, -0.05) is 30.3 Å². The first-order chi connectivity index (χ1) is 20.4. The zero-order valence-electron chi connectivity index (χ0n) is 22.9. The molecule has 42 heavy (non-hydrogen) atoms. The maximum Gasteiger partial charge on any atom is 0.258 e. The van der Waals surface area contributed by atoms with Crippen LogP contribution in [0.3, 0.4) is 0 Å². The van der Waals surface area contributed by atoms with Crippen LogP contribution in [0.1, 0.15) is 43.7 Å². The Morgan fingerprint density at radius 2 is 1.88 bits per heavy atom. The lowest BCUT2D eigenvalue weighted by atomic mass is 9.96. The van der Waals surface area contributed by atoms with E-state index in [4.69, 9.17) is 10.5 Å². The monoisotopic (exact) mass is 561 g/mol. The summed E-state index contributed by atoms with van der Waals surface area (Å²) in [6, 6.07) is 24.7. The van der Waals surface area contributed by atoms with Crippen molar-refractivity contribution in [3.05, 3.63) is 119 Å². The molecule has 3 heterocycles. The van der Waals surface area contributed by atoms with Gasteiger partial charge in [-0.25, -0.2) is 4.39 Å². The zero-order valence-corrected chi connectivity index (χ0v) is 22.9. The number of benzene rings is 4. The summed E-state index contributed by atoms with van der Waals surface area (Å²) >= 11 is 0. The van der Waals surface area contributed by atoms with Crippen molar-refractivity contribution in [3.8, 4) is 5.75 Å². The van der Waals surface area contributed by atoms with Crippen LogP contribution in [0.2, 0.25) is 0 Å². The lowest BCUT2D eigenvalue weighted by Crippen LogP contribution is -2.51. The van der Waals surface area contributed by atoms with E-state index in [1.54, 1.807) is 29.2 Å². The molecular formula is C33H28FN5O3. The molecule has 0 saturated heterocycles. The van der Waals surface area contributed by atoms with E-state index in [1.165, 1.54) is 12.1 Å². The second-order valence-corrected chi connectivity index (χ2v) is 10.6. The second kappa shape index (κ2) is 9.95. The smallest absolute Gasteiger partial charge is 0.258 e. The molecule has 8 nitrogen and oxygen atoms in total. The van der Waals surface area contributed by atoms with Crippen LogP contribution in [0, 0.1) is 5.82 Å². The van der Waals surface area contributed by atoms with Gasteiger partial charge in [0.15, 0.2) is 0 Å². The van der Waals surface area contributed by atoms with Crippen LogP contribution in [0.5, 0.6) is 5.75 Å². The molecule has 9 heteroatoms. The third-order valence-electron chi connectivity index (χ3n) is 8.13. The average molecular weight is 562 g/mol. The number of fused-ring (bicyclic) bond motifs is 6. The first-order valence-electron chi connectivity index (χ1n) is 13.7. The maximum atomic E-state index is 13.9. The Kier molecular flexibility index (Phi) is 6.08. The van der Waals surface area contributed by atoms with E-state index >= 15 is 0 Å². The number of hydrogen-bond acceptors (Lipinski definition) is 5. The average Bonchev–Trinajstić information content (AvgIpc) is 3.37. The number of nitrogens with zero attached hydrogens (tertiary/aromatic N) is 2. The summed E-state index contributed by atoms with van der Waals surface area (Å²) in [5.41, 5.74) is 12.4. The van der Waals surface area contributed by atoms with Gasteiger partial charge in [-0.15, -0.1) is 0 Å². The summed E-state index contributed by atoms with van der Waals surface area (Å²) in [6.45, 7) is 0.718. The third kappa shape index (κ3) is 4.21. The number of halogens is 1. The molecule has 2 aliphatic rings. The fraction of sp³-hybridized carbons (Fsp3) is 0.152. The quantitative estimate of drug-likeness (QED) is 0.233. The summed E-state index contributed by atoms with van der Waals surface area (Å²) in [5.74, 6) is -0.182. The molecule has 5 aromatic rings. The number of aromatic nitrogens is 1. The summed E-state index contributed by atoms with van der Waals surface area (Å²) in [6.07, 6.45) is 0.338. The molecule has 0 spiro atoms. The Morgan fingerprint density at radius 3 is 2.74 bits per heavy atom. The Bertz CT molecular complexity index is 1880. The second-order valence-electron chi connectivity index (χ2n) is 10.6. The molecule has 2 amide bonds. The minimum absolute atomic E-state index is 0.168. The van der Waals surface area contributed by atoms with Crippen molar-refractivity contribution < 1.29 is 18.7 Å². The van der Waals surface area contributed by atoms with E-state index in [0.29, 0.717) is 46.9 Å². The molecule has 7 rings (SSSR count). The molecule has 4 N–H and O–H groups in total. The van der Waals surface area contributed by atoms with Crippen molar-refractivity contribution in [2.75, 3.05) is 29.5 Å². The topological polar surface area (TPSA) is 104 Å². The Balaban J connectivity index is 1.15. The van der Waals surface area contributed by atoms with Crippen LogP contribution in [0.4, 0.5) is 21.5 Å². The van der Waals surface area contributed by atoms with Crippen LogP contribution >= 0.6 is 0 Å². The highest BCUT2D eigenvalue weighted by Gasteiger charge is 2.41. The van der Waals surface area contributed by atoms with Crippen LogP contribution in [-0.4, -0.2) is 35.3 Å². The number of nitrogen functional groups attached to an aromatic ring is 1. The normalized spacial score (nSPS) is 15.7. The lowest BCUT2D eigenvalue weighted by Gasteiger charge is -2.46. The fourth-order valence-corrected chi connectivity index (χ4v) is 6.06. The number of para-hydroxylation sites is 2. The number of ether oxygens (including phenoxy) is 1. The fourth-order valence-electron chi connectivity index (χ4n) is 6.06. The van der Waals surface area contributed by atoms with Crippen LogP contribution in [0.25, 0.3) is 10.9 Å². The molecule has 1 unspecified atom stereocenters. The van der Waals surface area contributed by atoms with Gasteiger partial charge in [0, 0.05) is 35.6 Å². The maximum absolute atomic E-state index is 13.9. The van der Waals surface area contributed by atoms with Crippen LogP contribution < -0.4 is 20.7 Å². The number of carbonyl (C=O) groups is 2. The van der Waals surface area contributed by atoms with Crippen molar-refractivity contribution in [1.29, 1.82) is 0 Å². The third-order valence-corrected chi connectivity index (χ3v) is 8.13. The van der Waals surface area contributed by atoms with E-state index in [0.717, 1.165) is 27.7 Å². The number of hydrogen-bond donors (Lipinski definition) is 3. The molecule has 0 saturated carbocycles. The number of aromatic amines is 1. The summed E-state index contributed by atoms with van der Waals surface area (Å²) < 4.78 is 20.1. The summed E-state index contributed by atoms with van der Waals surface area (Å²) in [7, 11) is 1.93. The van der Waals surface area contributed by atoms with Gasteiger partial charge in [0.25, 0.3) is 11.8 Å². The molecular weight excluding hydrogens is 533 g/mol. The highest BCUT2D eigenvalue weighted by Crippen LogP contribution is 2.43. The number of amides is 2. The first-order valence-corrected chi connectivity index (χ1v) is 13.7. The molecule has 0 fully saturated rings. The van der Waals surface area contributed by atoms with Crippen molar-refractivity contribution in [1.82, 2.24) is 9.88 Å². The van der Waals surface area contributed by atoms with Gasteiger partial charge in [0.2, 0.25) is 0 Å². The number of nitrogens with one attached hydrogen (secondary N) is 2. The standard InChI is InChI=1S/C33H28FN5O3/c1-38-29-13-10-20(34)16-25(29)33(41)39-15-14-23-24-17-21(11-12-27(24)36-30(23)32(38)39)42-18-19-6-2-3-7-22(19)31(40)37-28-9-5-4-8-26(28)35/h2-13,16-17,32,36H,14-15,18,35H2,1H3,(H,37,40). The molecule has 0 radical (unpaired) electrons. The van der Waals surface area contributed by atoms with E-state index in [-0.39, 0.29) is 24.6 Å². The lowest BCUT2D eigenvalue weighted by molar-refractivity contribution is 0.0634. The molecule has 1 atom stereocenters. The van der Waals surface area contributed by atoms with Crippen LogP contribution in [-0.2, 0) is 13.0 Å². The minimum atomic E-state index is -0.422. The Morgan fingerprint density at radius 1 is 1.07 bits per heavy atom. The summed E-state index contributed by atoms with van der Waals surface area (Å²) in [4.78, 5) is 33.7.